The summed E-state index contributed by atoms with van der Waals surface area (Å²) in [6.07, 6.45) is 4.76. The van der Waals surface area contributed by atoms with Crippen LogP contribution in [0.2, 0.25) is 0 Å². The maximum atomic E-state index is 13.3. The van der Waals surface area contributed by atoms with Crippen LogP contribution in [0, 0.1) is 0 Å². The second-order valence-corrected chi connectivity index (χ2v) is 7.79. The van der Waals surface area contributed by atoms with Gasteiger partial charge in [-0.2, -0.15) is 0 Å². The molecule has 0 spiro atoms. The van der Waals surface area contributed by atoms with Crippen LogP contribution in [0.15, 0.2) is 47.1 Å². The molecule has 1 N–H and O–H groups in total. The summed E-state index contributed by atoms with van der Waals surface area (Å²) in [5, 5.41) is 18.5. The zero-order valence-electron chi connectivity index (χ0n) is 21.1. The van der Waals surface area contributed by atoms with Crippen molar-refractivity contribution in [3.8, 4) is 23.0 Å². The lowest BCUT2D eigenvalue weighted by atomic mass is 10.0. The lowest BCUT2D eigenvalue weighted by molar-refractivity contribution is -0.858. The first kappa shape index (κ1) is 28.7. The van der Waals surface area contributed by atoms with Crippen LogP contribution in [0.4, 0.5) is 0 Å². The molecule has 0 bridgehead atoms. The maximum Gasteiger partial charge on any atom is 0.205 e. The number of benzene rings is 2. The SMILES string of the molecule is COc1ccc(/C=C/C(=O)c2c(OCC[NH+](C)C)c(OC)c3occc3c2OC)cc1.O=C([O-])C(=O)[O-]. The van der Waals surface area contributed by atoms with Crippen LogP contribution in [0.5, 0.6) is 23.0 Å². The Bertz CT molecular complexity index is 1250. The topological polar surface area (TPSA) is 152 Å². The quantitative estimate of drug-likeness (QED) is 0.210. The van der Waals surface area contributed by atoms with Gasteiger partial charge < -0.3 is 48.1 Å². The molecule has 37 heavy (non-hydrogen) atoms. The highest BCUT2D eigenvalue weighted by Crippen LogP contribution is 2.46. The number of nitrogens with one attached hydrogen (secondary N) is 1. The van der Waals surface area contributed by atoms with Crippen molar-refractivity contribution in [1.82, 2.24) is 0 Å². The zero-order valence-corrected chi connectivity index (χ0v) is 21.1. The number of aliphatic carboxylic acids is 2. The number of fused-ring (bicyclic) bond motifs is 1. The predicted octanol–water partition coefficient (Wildman–Crippen LogP) is -0.636. The van der Waals surface area contributed by atoms with Gasteiger partial charge in [-0.05, 0) is 29.8 Å². The summed E-state index contributed by atoms with van der Waals surface area (Å²) < 4.78 is 28.0. The molecule has 0 saturated heterocycles. The molecule has 0 atom stereocenters. The van der Waals surface area contributed by atoms with Crippen molar-refractivity contribution in [2.24, 2.45) is 0 Å². The Labute approximate surface area is 213 Å². The Morgan fingerprint density at radius 3 is 2.03 bits per heavy atom. The fourth-order valence-corrected chi connectivity index (χ4v) is 3.20. The number of ether oxygens (including phenoxy) is 4. The van der Waals surface area contributed by atoms with Gasteiger partial charge in [0.1, 0.15) is 30.2 Å². The van der Waals surface area contributed by atoms with Gasteiger partial charge in [0.25, 0.3) is 0 Å². The molecule has 0 fully saturated rings. The van der Waals surface area contributed by atoms with Crippen molar-refractivity contribution in [2.45, 2.75) is 0 Å². The Balaban J connectivity index is 0.000000717. The van der Waals surface area contributed by atoms with E-state index in [9.17, 15) is 4.79 Å². The summed E-state index contributed by atoms with van der Waals surface area (Å²) in [6.45, 7) is 1.15. The van der Waals surface area contributed by atoms with Crippen LogP contribution in [-0.4, -0.2) is 66.3 Å². The van der Waals surface area contributed by atoms with Gasteiger partial charge in [-0.3, -0.25) is 4.79 Å². The van der Waals surface area contributed by atoms with E-state index < -0.39 is 11.9 Å². The molecule has 0 radical (unpaired) electrons. The molecule has 0 aliphatic heterocycles. The number of carboxylic acid groups (broad SMARTS) is 2. The molecule has 3 rings (SSSR count). The average molecular weight is 515 g/mol. The van der Waals surface area contributed by atoms with Gasteiger partial charge in [-0.1, -0.05) is 18.2 Å². The minimum Gasteiger partial charge on any atom is -0.543 e. The number of rotatable bonds is 10. The van der Waals surface area contributed by atoms with E-state index >= 15 is 0 Å². The van der Waals surface area contributed by atoms with Crippen molar-refractivity contribution in [2.75, 3.05) is 48.6 Å². The second-order valence-electron chi connectivity index (χ2n) is 7.79. The van der Waals surface area contributed by atoms with E-state index in [0.29, 0.717) is 40.4 Å². The number of methoxy groups -OCH3 is 3. The summed E-state index contributed by atoms with van der Waals surface area (Å²) in [4.78, 5) is 32.4. The van der Waals surface area contributed by atoms with Gasteiger partial charge in [-0.25, -0.2) is 0 Å². The molecule has 3 aromatic rings. The molecular weight excluding hydrogens is 486 g/mol. The van der Waals surface area contributed by atoms with Crippen molar-refractivity contribution < 1.29 is 52.9 Å². The largest absolute Gasteiger partial charge is 0.543 e. The monoisotopic (exact) mass is 514 g/mol. The van der Waals surface area contributed by atoms with Crippen LogP contribution in [0.25, 0.3) is 17.0 Å². The number of likely N-dealkylation sites (N-methyl/N-ethyl adjacent to an activating group) is 1. The molecule has 0 unspecified atom stereocenters. The van der Waals surface area contributed by atoms with Crippen LogP contribution in [-0.2, 0) is 9.59 Å². The summed E-state index contributed by atoms with van der Waals surface area (Å²) in [5.74, 6) is -2.81. The van der Waals surface area contributed by atoms with Crippen LogP contribution in [0.1, 0.15) is 15.9 Å². The van der Waals surface area contributed by atoms with Gasteiger partial charge in [0, 0.05) is 0 Å². The number of allylic oxidation sites excluding steroid dienone is 1. The molecule has 0 aliphatic carbocycles. The van der Waals surface area contributed by atoms with Gasteiger partial charge in [0.05, 0.1) is 59.0 Å². The fourth-order valence-electron chi connectivity index (χ4n) is 3.20. The number of carbonyl (C=O) groups is 3. The van der Waals surface area contributed by atoms with E-state index in [4.69, 9.17) is 43.2 Å². The molecule has 1 aromatic heterocycles. The Morgan fingerprint density at radius 1 is 0.892 bits per heavy atom. The molecule has 2 aromatic carbocycles. The van der Waals surface area contributed by atoms with E-state index in [2.05, 4.69) is 0 Å². The maximum absolute atomic E-state index is 13.3. The van der Waals surface area contributed by atoms with Gasteiger partial charge in [-0.15, -0.1) is 0 Å². The van der Waals surface area contributed by atoms with Gasteiger partial charge in [0.2, 0.25) is 5.75 Å². The Morgan fingerprint density at radius 2 is 1.51 bits per heavy atom. The Kier molecular flexibility index (Phi) is 10.5. The first-order valence-electron chi connectivity index (χ1n) is 11.0. The minimum atomic E-state index is -2.19. The second kappa shape index (κ2) is 13.5. The van der Waals surface area contributed by atoms with Crippen LogP contribution in [0.3, 0.4) is 0 Å². The predicted molar refractivity (Wildman–Crippen MR) is 129 cm³/mol. The highest BCUT2D eigenvalue weighted by atomic mass is 16.5. The molecule has 0 aliphatic rings. The number of ketones is 1. The van der Waals surface area contributed by atoms with Crippen molar-refractivity contribution in [3.63, 3.8) is 0 Å². The van der Waals surface area contributed by atoms with E-state index in [1.54, 1.807) is 19.3 Å². The standard InChI is InChI=1S/C24H27NO6.C2H2O4/c1-25(2)13-15-31-23-20(19(26)11-8-16-6-9-17(27-3)10-7-16)21(28-4)18-12-14-30-22(18)24(23)29-5;3-1(4)2(5)6/h6-12,14H,13,15H2,1-5H3;(H,3,4)(H,5,6)/p-1/b11-8+;. The van der Waals surface area contributed by atoms with E-state index in [0.717, 1.165) is 17.9 Å². The van der Waals surface area contributed by atoms with E-state index in [1.165, 1.54) is 31.5 Å². The summed E-state index contributed by atoms with van der Waals surface area (Å²) in [6, 6.07) is 9.16. The zero-order chi connectivity index (χ0) is 27.5. The third-order valence-corrected chi connectivity index (χ3v) is 4.99. The Hall–Kier alpha value is -4.51. The number of hydrogen-bond donors (Lipinski definition) is 1. The first-order valence-corrected chi connectivity index (χ1v) is 11.0. The number of hydrogen-bond acceptors (Lipinski definition) is 10. The number of carboxylic acids is 2. The summed E-state index contributed by atoms with van der Waals surface area (Å²) >= 11 is 0. The molecule has 0 amide bonds. The smallest absolute Gasteiger partial charge is 0.205 e. The van der Waals surface area contributed by atoms with Gasteiger partial charge in [0.15, 0.2) is 17.1 Å². The summed E-state index contributed by atoms with van der Waals surface area (Å²) in [5.41, 5.74) is 1.64. The summed E-state index contributed by atoms with van der Waals surface area (Å²) in [7, 11) is 8.71. The van der Waals surface area contributed by atoms with Crippen molar-refractivity contribution in [3.05, 3.63) is 53.8 Å². The first-order chi connectivity index (χ1) is 17.6. The van der Waals surface area contributed by atoms with E-state index in [-0.39, 0.29) is 5.78 Å². The average Bonchev–Trinajstić information content (AvgIpc) is 3.36. The molecule has 198 valence electrons. The molecule has 11 heteroatoms. The molecule has 11 nitrogen and oxygen atoms in total. The van der Waals surface area contributed by atoms with Crippen LogP contribution >= 0.6 is 0 Å². The van der Waals surface area contributed by atoms with Crippen LogP contribution < -0.4 is 34.1 Å². The third kappa shape index (κ3) is 7.48. The third-order valence-electron chi connectivity index (χ3n) is 4.99. The molecular formula is C26H28NO10-. The molecule has 1 heterocycles. The highest BCUT2D eigenvalue weighted by Gasteiger charge is 2.28. The van der Waals surface area contributed by atoms with Crippen molar-refractivity contribution in [1.29, 1.82) is 0 Å². The normalized spacial score (nSPS) is 10.6. The van der Waals surface area contributed by atoms with Gasteiger partial charge >= 0.3 is 0 Å². The van der Waals surface area contributed by atoms with E-state index in [1.807, 2.05) is 38.4 Å². The minimum absolute atomic E-state index is 0.263. The number of quaternary nitrogens is 1. The van der Waals surface area contributed by atoms with Crippen molar-refractivity contribution >= 4 is 34.8 Å². The molecule has 0 saturated carbocycles. The lowest BCUT2D eigenvalue weighted by Gasteiger charge is -2.18. The number of furan rings is 1. The lowest BCUT2D eigenvalue weighted by Crippen LogP contribution is -3.06. The number of carbonyl (C=O) groups excluding carboxylic acids is 3. The highest BCUT2D eigenvalue weighted by molar-refractivity contribution is 6.25. The fraction of sp³-hybridized carbons (Fsp3) is 0.269.